The van der Waals surface area contributed by atoms with Crippen LogP contribution in [0.15, 0.2) is 18.5 Å². The molecule has 0 aliphatic carbocycles. The third-order valence-electron chi connectivity index (χ3n) is 3.33. The zero-order valence-corrected chi connectivity index (χ0v) is 13.2. The van der Waals surface area contributed by atoms with Gasteiger partial charge in [0.1, 0.15) is 0 Å². The molecule has 0 fully saturated rings. The van der Waals surface area contributed by atoms with E-state index in [-0.39, 0.29) is 0 Å². The van der Waals surface area contributed by atoms with Crippen molar-refractivity contribution in [3.8, 4) is 0 Å². The molecule has 0 amide bonds. The number of aromatic nitrogens is 1. The van der Waals surface area contributed by atoms with Crippen molar-refractivity contribution in [2.24, 2.45) is 0 Å². The van der Waals surface area contributed by atoms with E-state index in [0.717, 1.165) is 39.3 Å². The molecule has 0 saturated heterocycles. The van der Waals surface area contributed by atoms with Crippen molar-refractivity contribution in [2.75, 3.05) is 33.5 Å². The van der Waals surface area contributed by atoms with Crippen molar-refractivity contribution < 1.29 is 9.47 Å². The number of methoxy groups -OCH3 is 1. The zero-order valence-electron chi connectivity index (χ0n) is 13.2. The Morgan fingerprint density at radius 1 is 1.25 bits per heavy atom. The molecule has 0 aliphatic heterocycles. The normalized spacial score (nSPS) is 12.8. The van der Waals surface area contributed by atoms with Gasteiger partial charge in [0.05, 0.1) is 6.61 Å². The fourth-order valence-corrected chi connectivity index (χ4v) is 2.30. The lowest BCUT2D eigenvalue weighted by Crippen LogP contribution is -2.20. The van der Waals surface area contributed by atoms with Gasteiger partial charge in [0.25, 0.3) is 0 Å². The van der Waals surface area contributed by atoms with E-state index in [4.69, 9.17) is 9.47 Å². The minimum absolute atomic E-state index is 0.480. The number of ether oxygens (including phenoxy) is 2. The molecule has 4 heteroatoms. The van der Waals surface area contributed by atoms with Crippen LogP contribution >= 0.6 is 0 Å². The summed E-state index contributed by atoms with van der Waals surface area (Å²) in [6.07, 6.45) is 7.73. The van der Waals surface area contributed by atoms with Gasteiger partial charge in [-0.25, -0.2) is 0 Å². The molecule has 1 N–H and O–H groups in total. The third-order valence-corrected chi connectivity index (χ3v) is 3.33. The van der Waals surface area contributed by atoms with Crippen LogP contribution in [0.1, 0.15) is 44.7 Å². The first-order chi connectivity index (χ1) is 9.81. The summed E-state index contributed by atoms with van der Waals surface area (Å²) in [6, 6.07) is 2.70. The molecule has 1 unspecified atom stereocenters. The summed E-state index contributed by atoms with van der Waals surface area (Å²) in [4.78, 5) is 0. The second kappa shape index (κ2) is 10.9. The number of nitrogens with one attached hydrogen (secondary N) is 1. The van der Waals surface area contributed by atoms with Crippen LogP contribution in [0.5, 0.6) is 0 Å². The molecule has 0 aromatic carbocycles. The number of hydrogen-bond donors (Lipinski definition) is 1. The van der Waals surface area contributed by atoms with E-state index in [9.17, 15) is 0 Å². The first-order valence-electron chi connectivity index (χ1n) is 7.77. The van der Waals surface area contributed by atoms with Crippen LogP contribution in [0, 0.1) is 0 Å². The summed E-state index contributed by atoms with van der Waals surface area (Å²) in [5, 5.41) is 3.55. The van der Waals surface area contributed by atoms with Gasteiger partial charge in [0.15, 0.2) is 0 Å². The third kappa shape index (κ3) is 6.55. The highest BCUT2D eigenvalue weighted by Gasteiger charge is 2.10. The second-order valence-corrected chi connectivity index (χ2v) is 5.04. The van der Waals surface area contributed by atoms with E-state index in [2.05, 4.69) is 42.2 Å². The molecule has 1 rings (SSSR count). The van der Waals surface area contributed by atoms with Crippen LogP contribution in [-0.4, -0.2) is 38.0 Å². The fourth-order valence-electron chi connectivity index (χ4n) is 2.30. The van der Waals surface area contributed by atoms with E-state index in [1.54, 1.807) is 7.11 Å². The molecule has 0 bridgehead atoms. The molecule has 20 heavy (non-hydrogen) atoms. The Morgan fingerprint density at radius 3 is 2.80 bits per heavy atom. The van der Waals surface area contributed by atoms with E-state index in [1.165, 1.54) is 18.4 Å². The summed E-state index contributed by atoms with van der Waals surface area (Å²) in [6.45, 7) is 8.63. The predicted octanol–water partition coefficient (Wildman–Crippen LogP) is 2.99. The van der Waals surface area contributed by atoms with Gasteiger partial charge in [0.2, 0.25) is 0 Å². The molecule has 1 heterocycles. The maximum absolute atomic E-state index is 5.59. The highest BCUT2D eigenvalue weighted by atomic mass is 16.5. The summed E-state index contributed by atoms with van der Waals surface area (Å²) >= 11 is 0. The Balaban J connectivity index is 2.30. The average molecular weight is 282 g/mol. The number of hydrogen-bond acceptors (Lipinski definition) is 3. The van der Waals surface area contributed by atoms with Gasteiger partial charge in [-0.3, -0.25) is 0 Å². The monoisotopic (exact) mass is 282 g/mol. The Morgan fingerprint density at radius 2 is 2.10 bits per heavy atom. The molecule has 4 nitrogen and oxygen atoms in total. The van der Waals surface area contributed by atoms with Crippen molar-refractivity contribution in [1.29, 1.82) is 0 Å². The summed E-state index contributed by atoms with van der Waals surface area (Å²) < 4.78 is 12.8. The van der Waals surface area contributed by atoms with E-state index in [0.29, 0.717) is 6.04 Å². The minimum Gasteiger partial charge on any atom is -0.385 e. The van der Waals surface area contributed by atoms with Gasteiger partial charge in [-0.05, 0) is 31.0 Å². The lowest BCUT2D eigenvalue weighted by Gasteiger charge is -2.15. The Hall–Kier alpha value is -0.840. The van der Waals surface area contributed by atoms with Gasteiger partial charge >= 0.3 is 0 Å². The molecule has 1 aromatic rings. The lowest BCUT2D eigenvalue weighted by atomic mass is 10.1. The molecular formula is C16H30N2O2. The van der Waals surface area contributed by atoms with Crippen LogP contribution in [0.4, 0.5) is 0 Å². The number of rotatable bonds is 12. The van der Waals surface area contributed by atoms with Gasteiger partial charge in [-0.1, -0.05) is 20.3 Å². The smallest absolute Gasteiger partial charge is 0.0645 e. The predicted molar refractivity (Wildman–Crippen MR) is 83.1 cm³/mol. The quantitative estimate of drug-likeness (QED) is 0.599. The summed E-state index contributed by atoms with van der Waals surface area (Å²) in [7, 11) is 1.72. The molecule has 1 aromatic heterocycles. The first-order valence-corrected chi connectivity index (χ1v) is 7.77. The van der Waals surface area contributed by atoms with Gasteiger partial charge in [-0.15, -0.1) is 0 Å². The van der Waals surface area contributed by atoms with E-state index < -0.39 is 0 Å². The molecule has 0 spiro atoms. The fraction of sp³-hybridized carbons (Fsp3) is 0.750. The van der Waals surface area contributed by atoms with Crippen LogP contribution < -0.4 is 5.32 Å². The molecule has 1 atom stereocenters. The standard InChI is InChI=1S/C16H30N2O2/c1-4-7-16(17-5-2)15-8-9-18(14-15)10-13-20-12-6-11-19-3/h8-9,14,16-17H,4-7,10-13H2,1-3H3. The van der Waals surface area contributed by atoms with Gasteiger partial charge < -0.3 is 19.4 Å². The Kier molecular flexibility index (Phi) is 9.37. The van der Waals surface area contributed by atoms with Crippen LogP contribution in [0.2, 0.25) is 0 Å². The maximum atomic E-state index is 5.59. The van der Waals surface area contributed by atoms with E-state index >= 15 is 0 Å². The molecule has 116 valence electrons. The van der Waals surface area contributed by atoms with Crippen molar-refractivity contribution in [3.63, 3.8) is 0 Å². The highest BCUT2D eigenvalue weighted by molar-refractivity contribution is 5.15. The van der Waals surface area contributed by atoms with Gasteiger partial charge in [-0.2, -0.15) is 0 Å². The first kappa shape index (κ1) is 17.2. The minimum atomic E-state index is 0.480. The highest BCUT2D eigenvalue weighted by Crippen LogP contribution is 2.18. The van der Waals surface area contributed by atoms with Crippen molar-refractivity contribution in [2.45, 2.75) is 45.7 Å². The topological polar surface area (TPSA) is 35.4 Å². The Bertz CT molecular complexity index is 333. The SMILES string of the molecule is CCCC(NCC)c1ccn(CCOCCCOC)c1. The Labute approximate surface area is 123 Å². The average Bonchev–Trinajstić information content (AvgIpc) is 2.91. The zero-order chi connectivity index (χ0) is 14.6. The molecule has 0 saturated carbocycles. The molecule has 0 aliphatic rings. The van der Waals surface area contributed by atoms with Crippen LogP contribution in [0.3, 0.4) is 0 Å². The number of nitrogens with zero attached hydrogens (tertiary/aromatic N) is 1. The maximum Gasteiger partial charge on any atom is 0.0645 e. The second-order valence-electron chi connectivity index (χ2n) is 5.04. The van der Waals surface area contributed by atoms with Crippen LogP contribution in [0.25, 0.3) is 0 Å². The molecular weight excluding hydrogens is 252 g/mol. The van der Waals surface area contributed by atoms with Gasteiger partial charge in [0, 0.05) is 45.3 Å². The summed E-state index contributed by atoms with van der Waals surface area (Å²) in [5.74, 6) is 0. The van der Waals surface area contributed by atoms with Crippen molar-refractivity contribution >= 4 is 0 Å². The van der Waals surface area contributed by atoms with E-state index in [1.807, 2.05) is 0 Å². The van der Waals surface area contributed by atoms with Crippen LogP contribution in [-0.2, 0) is 16.0 Å². The lowest BCUT2D eigenvalue weighted by molar-refractivity contribution is 0.0977. The summed E-state index contributed by atoms with van der Waals surface area (Å²) in [5.41, 5.74) is 1.38. The van der Waals surface area contributed by atoms with Crippen molar-refractivity contribution in [1.82, 2.24) is 9.88 Å². The largest absolute Gasteiger partial charge is 0.385 e. The van der Waals surface area contributed by atoms with Crippen molar-refractivity contribution in [3.05, 3.63) is 24.0 Å². The molecule has 0 radical (unpaired) electrons.